The Kier molecular flexibility index (Phi) is 39.0. The van der Waals surface area contributed by atoms with Crippen LogP contribution in [0.3, 0.4) is 0 Å². The molecule has 23 nitrogen and oxygen atoms in total. The van der Waals surface area contributed by atoms with E-state index in [0.717, 1.165) is 135 Å². The number of aliphatic carboxylic acids is 2. The number of likely N-dealkylation sites (N-methyl/N-ethyl adjacent to an activating group) is 3. The SMILES string of the molecule is C.CCOC(=O)CN(C)C(=O)CC[C@@H](C)[C@H]1CCC2C3C(CC[C@@]21C)[C@@]1(C)CC[C@@H](O)CC1[C@@H](O)[C@H]3O.CCOC(=O)C[NH2+]C.C[C@H](CCC(=O)N(C)CC(=O)O)[C@H]1CCC2C3C(CC[C@@]21C)[C@@]1(C)CC[C@@H](O)CC1[C@@H](O)[C@H]3O.C[C@H](CCC(=O)O)[C@H]1CCC2C3C(CC[C@@]21C)[C@@]1(C)CC[C@@H](O)CC1[C@@H](O)[C@H]3O.[2H]CF.[Cl-].[K+].[OH-]. The van der Waals surface area contributed by atoms with E-state index in [0.29, 0.717) is 123 Å². The summed E-state index contributed by atoms with van der Waals surface area (Å²) in [6, 6.07) is 0. The van der Waals surface area contributed by atoms with Crippen LogP contribution in [0.4, 0.5) is 4.39 Å². The van der Waals surface area contributed by atoms with Gasteiger partial charge in [-0.05, 0) is 307 Å². The molecule has 12 unspecified atom stereocenters. The van der Waals surface area contributed by atoms with Crippen LogP contribution in [0.2, 0.25) is 0 Å². The number of carbonyl (C=O) groups excluding carboxylic acids is 4. The fourth-order valence-corrected chi connectivity index (χ4v) is 27.8. The Bertz CT molecular complexity index is 3060. The molecule has 12 rings (SSSR count). The van der Waals surface area contributed by atoms with Gasteiger partial charge in [0.05, 0.1) is 83.7 Å². The topological polar surface area (TPSA) is 397 Å². The number of aliphatic hydroxyl groups excluding tert-OH is 9. The molecule has 26 heteroatoms. The van der Waals surface area contributed by atoms with Gasteiger partial charge in [0.1, 0.15) is 13.1 Å². The van der Waals surface area contributed by atoms with Crippen molar-refractivity contribution in [3.8, 4) is 0 Å². The summed E-state index contributed by atoms with van der Waals surface area (Å²) in [6.45, 7) is 25.3. The third-order valence-corrected chi connectivity index (χ3v) is 33.5. The predicted octanol–water partition coefficient (Wildman–Crippen LogP) is 3.54. The number of amides is 2. The molecular weight excluding hydrogens is 1500 g/mol. The Morgan fingerprint density at radius 2 is 0.717 bits per heavy atom. The van der Waals surface area contributed by atoms with Gasteiger partial charge in [-0.15, -0.1) is 0 Å². The summed E-state index contributed by atoms with van der Waals surface area (Å²) in [6.07, 6.45) is 17.7. The molecule has 113 heavy (non-hydrogen) atoms. The van der Waals surface area contributed by atoms with Crippen LogP contribution in [0.5, 0.6) is 0 Å². The number of fused-ring (bicyclic) bond motifs is 15. The number of quaternary nitrogens is 1. The minimum atomic E-state index is -1.00. The molecule has 0 radical (unpaired) electrons. The normalized spacial score (nSPS) is 42.6. The van der Waals surface area contributed by atoms with E-state index in [1.165, 1.54) is 9.80 Å². The molecular formula is C87H154ClFKN3O20. The maximum atomic E-state index is 12.7. The number of carboxylic acids is 2. The standard InChI is InChI=1S/C29H49NO6.C27H45NO6.C24H40O5.C5H11NO2.CH3F.CH4.ClH.K.H2O/c1-6-36-24(33)16-30(5)23(32)10-7-17(2)19-8-9-20-25-21(12-14-28(19,20)3)29(4)13-11-18(31)15-22(29)26(34)27(25)35;1-15(5-8-21(30)28(4)14-22(31)32)17-6-7-18-23-19(10-12-26(17,18)2)27(3)11-9-16(29)13-20(27)24(33)25(23)34;1-13(4-7-19(26)27)15-5-6-16-20-17(9-11-23(15,16)2)24(3)10-8-14(25)12-18(24)21(28)22(20)29;1-3-8-5(7)4-6-2;1-2;;;;/h17-22,25-27,31,34-35H,6-16H2,1-5H3;15-20,23-25,29,33-34H,5-14H2,1-4H3,(H,31,32);13-18,20-22,25,28-29H,4-12H2,1-3H3,(H,26,27);6H,3-4H2,1-2H3;1H3;1H4;1H;;1H2/q;;;;;;;+1;/p-1/t17-,18-,19-,20?,21?,22?,25?,26-,27+,28-,29-;15-,16-,17-,18?,19?,20?,23?,24-,25+,26-,27-;13-,14-,15-,16?,17?,18?,20?,21-,22+,23-,24-;;;;;;/m111....../s1/i;;;;1D;;;;. The van der Waals surface area contributed by atoms with Gasteiger partial charge in [0.2, 0.25) is 11.8 Å². The summed E-state index contributed by atoms with van der Waals surface area (Å²) < 4.78 is 25.1. The van der Waals surface area contributed by atoms with E-state index in [4.69, 9.17) is 16.3 Å². The predicted molar refractivity (Wildman–Crippen MR) is 419 cm³/mol. The first kappa shape index (κ1) is 102. The van der Waals surface area contributed by atoms with E-state index in [2.05, 4.69) is 67.1 Å². The molecule has 0 saturated heterocycles. The van der Waals surface area contributed by atoms with Crippen molar-refractivity contribution in [2.45, 2.75) is 312 Å². The molecule has 0 heterocycles. The molecule has 652 valence electrons. The van der Waals surface area contributed by atoms with Gasteiger partial charge in [-0.3, -0.25) is 28.4 Å². The number of aliphatic hydroxyl groups is 9. The Balaban J connectivity index is 0.000000333. The Morgan fingerprint density at radius 3 is 1.00 bits per heavy atom. The minimum absolute atomic E-state index is 0. The fourth-order valence-electron chi connectivity index (χ4n) is 27.8. The molecule has 12 fully saturated rings. The maximum Gasteiger partial charge on any atom is 1.00 e. The van der Waals surface area contributed by atoms with Gasteiger partial charge >= 0.3 is 75.3 Å². The quantitative estimate of drug-likeness (QED) is 0.0612. The van der Waals surface area contributed by atoms with E-state index in [1.54, 1.807) is 33.3 Å². The molecule has 0 aromatic rings. The van der Waals surface area contributed by atoms with Crippen molar-refractivity contribution < 1.29 is 175 Å². The number of rotatable bonds is 20. The maximum absolute atomic E-state index is 12.7. The monoisotopic (exact) mass is 1660 g/mol. The number of carboxylic acid groups (broad SMARTS) is 2. The largest absolute Gasteiger partial charge is 1.00 e. The van der Waals surface area contributed by atoms with Gasteiger partial charge in [0.25, 0.3) is 0 Å². The van der Waals surface area contributed by atoms with Crippen LogP contribution in [0.25, 0.3) is 0 Å². The molecule has 14 N–H and O–H groups in total. The molecule has 12 saturated carbocycles. The first-order valence-corrected chi connectivity index (χ1v) is 42.6. The second-order valence-corrected chi connectivity index (χ2v) is 38.7. The van der Waals surface area contributed by atoms with Gasteiger partial charge in [-0.25, -0.2) is 4.79 Å². The van der Waals surface area contributed by atoms with E-state index in [-0.39, 0.29) is 206 Å². The zero-order valence-electron chi connectivity index (χ0n) is 71.8. The number of carbonyl (C=O) groups is 6. The van der Waals surface area contributed by atoms with Crippen molar-refractivity contribution in [3.63, 3.8) is 0 Å². The van der Waals surface area contributed by atoms with Crippen molar-refractivity contribution in [1.29, 1.82) is 0 Å². The van der Waals surface area contributed by atoms with Gasteiger partial charge < -0.3 is 98.6 Å². The van der Waals surface area contributed by atoms with Crippen LogP contribution in [0, 0.1) is 139 Å². The van der Waals surface area contributed by atoms with Crippen LogP contribution >= 0.6 is 0 Å². The van der Waals surface area contributed by atoms with Crippen molar-refractivity contribution >= 4 is 35.7 Å². The molecule has 0 aromatic carbocycles. The van der Waals surface area contributed by atoms with Gasteiger partial charge in [0.15, 0.2) is 6.54 Å². The molecule has 0 spiro atoms. The average Bonchev–Trinajstić information content (AvgIpc) is 1.34. The summed E-state index contributed by atoms with van der Waals surface area (Å²) >= 11 is 0. The van der Waals surface area contributed by atoms with Gasteiger partial charge in [-0.1, -0.05) is 69.7 Å². The summed E-state index contributed by atoms with van der Waals surface area (Å²) in [5.74, 6) is 2.66. The van der Waals surface area contributed by atoms with Crippen molar-refractivity contribution in [3.05, 3.63) is 0 Å². The second kappa shape index (κ2) is 43.3. The van der Waals surface area contributed by atoms with Crippen molar-refractivity contribution in [2.75, 3.05) is 61.1 Å². The minimum Gasteiger partial charge on any atom is -1.00 e. The number of hydrogen-bond donors (Lipinski definition) is 12. The van der Waals surface area contributed by atoms with E-state index < -0.39 is 55.7 Å². The fraction of sp³-hybridized carbons (Fsp3) is 0.931. The molecule has 0 aliphatic heterocycles. The molecule has 12 aliphatic rings. The van der Waals surface area contributed by atoms with Crippen LogP contribution in [0.15, 0.2) is 0 Å². The van der Waals surface area contributed by atoms with Crippen LogP contribution in [-0.2, 0) is 38.2 Å². The first-order chi connectivity index (χ1) is 51.6. The number of esters is 2. The smallest absolute Gasteiger partial charge is 1.00 e. The number of nitrogens with zero attached hydrogens (tertiary/aromatic N) is 2. The van der Waals surface area contributed by atoms with Gasteiger partial charge in [-0.2, -0.15) is 0 Å². The third-order valence-electron chi connectivity index (χ3n) is 33.5. The van der Waals surface area contributed by atoms with Crippen LogP contribution in [0.1, 0.15) is 258 Å². The Labute approximate surface area is 726 Å². The van der Waals surface area contributed by atoms with Crippen LogP contribution in [-0.4, -0.2) is 223 Å². The van der Waals surface area contributed by atoms with E-state index in [9.17, 15) is 79.1 Å². The number of ether oxygens (including phenoxy) is 2. The summed E-state index contributed by atoms with van der Waals surface area (Å²) in [7, 11) is 4.03. The zero-order valence-corrected chi connectivity index (χ0v) is 74.7. The number of nitrogens with two attached hydrogens (primary N) is 1. The summed E-state index contributed by atoms with van der Waals surface area (Å²) in [5, 5.41) is 118. The van der Waals surface area contributed by atoms with E-state index >= 15 is 0 Å². The average molecular weight is 1660 g/mol. The van der Waals surface area contributed by atoms with E-state index in [1.807, 2.05) is 7.05 Å². The van der Waals surface area contributed by atoms with Crippen molar-refractivity contribution in [2.24, 2.45) is 139 Å². The molecule has 2 amide bonds. The molecule has 33 atom stereocenters. The summed E-state index contributed by atoms with van der Waals surface area (Å²) in [4.78, 5) is 71.9. The molecule has 12 aliphatic carbocycles. The second-order valence-electron chi connectivity index (χ2n) is 38.7. The Morgan fingerprint density at radius 1 is 0.442 bits per heavy atom. The van der Waals surface area contributed by atoms with Gasteiger partial charge in [0, 0.05) is 33.4 Å². The number of alkyl halides is 1. The van der Waals surface area contributed by atoms with Crippen molar-refractivity contribution in [1.82, 2.24) is 9.80 Å². The summed E-state index contributed by atoms with van der Waals surface area (Å²) in [5.41, 5.74) is 0.236. The van der Waals surface area contributed by atoms with Crippen LogP contribution < -0.4 is 69.1 Å². The number of hydrogen-bond acceptors (Lipinski definition) is 18. The molecule has 0 aromatic heterocycles. The molecule has 0 bridgehead atoms. The Hall–Kier alpha value is -1.76. The first-order valence-electron chi connectivity index (χ1n) is 43.3. The third kappa shape index (κ3) is 21.5. The zero-order chi connectivity index (χ0) is 81.7. The number of halogens is 2.